The molecule has 0 spiro atoms. The topological polar surface area (TPSA) is 98.7 Å². The van der Waals surface area contributed by atoms with Gasteiger partial charge < -0.3 is 20.6 Å². The Balaban J connectivity index is 1.49. The molecule has 26 heavy (non-hydrogen) atoms. The lowest BCUT2D eigenvalue weighted by atomic mass is 9.97. The predicted octanol–water partition coefficient (Wildman–Crippen LogP) is 2.60. The zero-order chi connectivity index (χ0) is 18.7. The van der Waals surface area contributed by atoms with Crippen molar-refractivity contribution in [2.75, 3.05) is 18.4 Å². The number of amides is 3. The number of likely N-dealkylation sites (tertiary alicyclic amines) is 1. The Labute approximate surface area is 152 Å². The zero-order valence-electron chi connectivity index (χ0n) is 14.9. The quantitative estimate of drug-likeness (QED) is 0.752. The fourth-order valence-electron chi connectivity index (χ4n) is 3.13. The Morgan fingerprint density at radius 1 is 1.04 bits per heavy atom. The second kappa shape index (κ2) is 7.76. The summed E-state index contributed by atoms with van der Waals surface area (Å²) in [5.74, 6) is -0.899. The van der Waals surface area contributed by atoms with Crippen molar-refractivity contribution in [3.05, 3.63) is 29.8 Å². The lowest BCUT2D eigenvalue weighted by molar-refractivity contribution is -0.143. The van der Waals surface area contributed by atoms with Crippen molar-refractivity contribution >= 4 is 23.6 Å². The summed E-state index contributed by atoms with van der Waals surface area (Å²) >= 11 is 0. The van der Waals surface area contributed by atoms with Gasteiger partial charge in [-0.05, 0) is 50.3 Å². The molecule has 1 aliphatic carbocycles. The molecule has 1 saturated carbocycles. The van der Waals surface area contributed by atoms with Crippen LogP contribution in [0.25, 0.3) is 0 Å². The number of nitrogens with one attached hydrogen (secondary N) is 2. The molecule has 1 aromatic carbocycles. The third-order valence-electron chi connectivity index (χ3n) is 5.10. The van der Waals surface area contributed by atoms with Crippen molar-refractivity contribution in [1.29, 1.82) is 0 Å². The number of carbonyl (C=O) groups excluding carboxylic acids is 2. The lowest BCUT2D eigenvalue weighted by Gasteiger charge is -2.31. The smallest absolute Gasteiger partial charge is 0.317 e. The highest BCUT2D eigenvalue weighted by Gasteiger charge is 2.30. The van der Waals surface area contributed by atoms with Crippen molar-refractivity contribution < 1.29 is 19.5 Å². The van der Waals surface area contributed by atoms with Gasteiger partial charge in [0.25, 0.3) is 0 Å². The van der Waals surface area contributed by atoms with E-state index in [0.29, 0.717) is 25.9 Å². The summed E-state index contributed by atoms with van der Waals surface area (Å²) in [4.78, 5) is 36.8. The van der Waals surface area contributed by atoms with Crippen LogP contribution in [0.15, 0.2) is 24.3 Å². The number of carboxylic acid groups (broad SMARTS) is 1. The third kappa shape index (κ3) is 4.53. The molecule has 3 N–H and O–H groups in total. The summed E-state index contributed by atoms with van der Waals surface area (Å²) < 4.78 is 0. The molecule has 1 aliphatic heterocycles. The molecule has 3 amide bonds. The van der Waals surface area contributed by atoms with E-state index in [1.165, 1.54) is 0 Å². The van der Waals surface area contributed by atoms with Gasteiger partial charge in [-0.1, -0.05) is 12.1 Å². The van der Waals surface area contributed by atoms with E-state index < -0.39 is 5.97 Å². The summed E-state index contributed by atoms with van der Waals surface area (Å²) in [5.41, 5.74) is 1.71. The van der Waals surface area contributed by atoms with Gasteiger partial charge in [0.2, 0.25) is 5.91 Å². The van der Waals surface area contributed by atoms with Crippen molar-refractivity contribution in [3.63, 3.8) is 0 Å². The van der Waals surface area contributed by atoms with Crippen LogP contribution in [-0.4, -0.2) is 41.0 Å². The Kier molecular flexibility index (Phi) is 5.44. The summed E-state index contributed by atoms with van der Waals surface area (Å²) in [5, 5.41) is 14.9. The van der Waals surface area contributed by atoms with Crippen LogP contribution in [-0.2, 0) is 9.59 Å². The van der Waals surface area contributed by atoms with E-state index in [2.05, 4.69) is 10.6 Å². The highest BCUT2D eigenvalue weighted by Crippen LogP contribution is 2.30. The van der Waals surface area contributed by atoms with E-state index in [0.717, 1.165) is 24.1 Å². The fraction of sp³-hybridized carbons (Fsp3) is 0.526. The SMILES string of the molecule is CC(NC(=O)N1CCC(C(=O)O)CC1)c1ccc(NC(=O)C2CC2)cc1. The molecule has 2 fully saturated rings. The normalized spacial score (nSPS) is 18.9. The Morgan fingerprint density at radius 2 is 1.65 bits per heavy atom. The van der Waals surface area contributed by atoms with Crippen LogP contribution in [0.1, 0.15) is 44.2 Å². The number of aliphatic carboxylic acids is 1. The van der Waals surface area contributed by atoms with Gasteiger partial charge >= 0.3 is 12.0 Å². The van der Waals surface area contributed by atoms with E-state index in [1.54, 1.807) is 4.90 Å². The highest BCUT2D eigenvalue weighted by atomic mass is 16.4. The summed E-state index contributed by atoms with van der Waals surface area (Å²) in [6.45, 7) is 2.82. The molecule has 1 saturated heterocycles. The molecule has 1 heterocycles. The standard InChI is InChI=1S/C19H25N3O4/c1-12(20-19(26)22-10-8-15(9-11-22)18(24)25)13-4-6-16(7-5-13)21-17(23)14-2-3-14/h4-7,12,14-15H,2-3,8-11H2,1H3,(H,20,26)(H,21,23)(H,24,25). The highest BCUT2D eigenvalue weighted by molar-refractivity contribution is 5.94. The maximum Gasteiger partial charge on any atom is 0.317 e. The van der Waals surface area contributed by atoms with Crippen LogP contribution in [0.4, 0.5) is 10.5 Å². The largest absolute Gasteiger partial charge is 0.481 e. The van der Waals surface area contributed by atoms with Gasteiger partial charge in [0.1, 0.15) is 0 Å². The van der Waals surface area contributed by atoms with Gasteiger partial charge in [-0.2, -0.15) is 0 Å². The molecule has 1 aromatic rings. The monoisotopic (exact) mass is 359 g/mol. The number of urea groups is 1. The minimum absolute atomic E-state index is 0.0730. The number of benzene rings is 1. The molecule has 2 aliphatic rings. The van der Waals surface area contributed by atoms with Crippen molar-refractivity contribution in [3.8, 4) is 0 Å². The Bertz CT molecular complexity index is 677. The number of carboxylic acids is 1. The second-order valence-electron chi connectivity index (χ2n) is 7.16. The molecule has 1 unspecified atom stereocenters. The van der Waals surface area contributed by atoms with Crippen molar-refractivity contribution in [2.24, 2.45) is 11.8 Å². The molecule has 1 atom stereocenters. The average molecular weight is 359 g/mol. The average Bonchev–Trinajstić information content (AvgIpc) is 3.47. The number of carbonyl (C=O) groups is 3. The first-order valence-corrected chi connectivity index (χ1v) is 9.13. The number of piperidine rings is 1. The van der Waals surface area contributed by atoms with E-state index in [4.69, 9.17) is 5.11 Å². The molecule has 0 bridgehead atoms. The van der Waals surface area contributed by atoms with E-state index in [-0.39, 0.29) is 29.8 Å². The lowest BCUT2D eigenvalue weighted by Crippen LogP contribution is -2.46. The number of rotatable bonds is 5. The number of hydrogen-bond acceptors (Lipinski definition) is 3. The van der Waals surface area contributed by atoms with Gasteiger partial charge in [-0.25, -0.2) is 4.79 Å². The van der Waals surface area contributed by atoms with Gasteiger partial charge in [-0.3, -0.25) is 9.59 Å². The zero-order valence-corrected chi connectivity index (χ0v) is 14.9. The molecule has 7 nitrogen and oxygen atoms in total. The molecular formula is C19H25N3O4. The van der Waals surface area contributed by atoms with Crippen molar-refractivity contribution in [2.45, 2.75) is 38.6 Å². The Hall–Kier alpha value is -2.57. The fourth-order valence-corrected chi connectivity index (χ4v) is 3.13. The number of anilines is 1. The van der Waals surface area contributed by atoms with Crippen molar-refractivity contribution in [1.82, 2.24) is 10.2 Å². The first-order valence-electron chi connectivity index (χ1n) is 9.13. The molecule has 0 radical (unpaired) electrons. The van der Waals surface area contributed by atoms with Crippen LogP contribution in [0.2, 0.25) is 0 Å². The van der Waals surface area contributed by atoms with Crippen LogP contribution >= 0.6 is 0 Å². The van der Waals surface area contributed by atoms with E-state index in [9.17, 15) is 14.4 Å². The molecule has 140 valence electrons. The van der Waals surface area contributed by atoms with Gasteiger partial charge in [-0.15, -0.1) is 0 Å². The number of hydrogen-bond donors (Lipinski definition) is 3. The minimum Gasteiger partial charge on any atom is -0.481 e. The maximum atomic E-state index is 12.4. The molecule has 3 rings (SSSR count). The first kappa shape index (κ1) is 18.2. The second-order valence-corrected chi connectivity index (χ2v) is 7.16. The van der Waals surface area contributed by atoms with Crippen LogP contribution in [0.3, 0.4) is 0 Å². The minimum atomic E-state index is -0.785. The van der Waals surface area contributed by atoms with E-state index >= 15 is 0 Å². The predicted molar refractivity (Wildman–Crippen MR) is 96.7 cm³/mol. The maximum absolute atomic E-state index is 12.4. The third-order valence-corrected chi connectivity index (χ3v) is 5.10. The van der Waals surface area contributed by atoms with Gasteiger partial charge in [0.05, 0.1) is 12.0 Å². The molecular weight excluding hydrogens is 334 g/mol. The van der Waals surface area contributed by atoms with Gasteiger partial charge in [0, 0.05) is 24.7 Å². The number of nitrogens with zero attached hydrogens (tertiary/aromatic N) is 1. The summed E-state index contributed by atoms with van der Waals surface area (Å²) in [6, 6.07) is 7.13. The first-order chi connectivity index (χ1) is 12.4. The molecule has 7 heteroatoms. The van der Waals surface area contributed by atoms with Crippen LogP contribution in [0.5, 0.6) is 0 Å². The molecule has 0 aromatic heterocycles. The van der Waals surface area contributed by atoms with E-state index in [1.807, 2.05) is 31.2 Å². The van der Waals surface area contributed by atoms with Crippen LogP contribution in [0, 0.1) is 11.8 Å². The summed E-state index contributed by atoms with van der Waals surface area (Å²) in [7, 11) is 0. The Morgan fingerprint density at radius 3 is 2.19 bits per heavy atom. The summed E-state index contributed by atoms with van der Waals surface area (Å²) in [6.07, 6.45) is 2.92. The van der Waals surface area contributed by atoms with Gasteiger partial charge in [0.15, 0.2) is 0 Å². The van der Waals surface area contributed by atoms with Crippen LogP contribution < -0.4 is 10.6 Å².